The first-order valence-electron chi connectivity index (χ1n) is 9.17. The zero-order valence-electron chi connectivity index (χ0n) is 16.0. The Labute approximate surface area is 177 Å². The van der Waals surface area contributed by atoms with Crippen molar-refractivity contribution in [1.82, 2.24) is 15.8 Å². The lowest BCUT2D eigenvalue weighted by Gasteiger charge is -2.18. The Hall–Kier alpha value is -2.09. The lowest BCUT2D eigenvalue weighted by Crippen LogP contribution is -2.38. The molecule has 3 aromatic rings. The summed E-state index contributed by atoms with van der Waals surface area (Å²) in [7, 11) is 0. The zero-order chi connectivity index (χ0) is 18.4. The zero-order valence-corrected chi connectivity index (χ0v) is 18.4. The van der Waals surface area contributed by atoms with Gasteiger partial charge in [0.25, 0.3) is 0 Å². The van der Waals surface area contributed by atoms with E-state index in [4.69, 9.17) is 4.52 Å². The summed E-state index contributed by atoms with van der Waals surface area (Å²) in [5.41, 5.74) is 2.18. The van der Waals surface area contributed by atoms with Crippen molar-refractivity contribution in [1.29, 1.82) is 0 Å². The van der Waals surface area contributed by atoms with Crippen LogP contribution in [0.2, 0.25) is 0 Å². The van der Waals surface area contributed by atoms with Gasteiger partial charge in [-0.25, -0.2) is 4.99 Å². The molecule has 0 saturated heterocycles. The second-order valence-electron chi connectivity index (χ2n) is 6.31. The Bertz CT molecular complexity index is 891. The average molecular weight is 478 g/mol. The molecule has 1 unspecified atom stereocenters. The van der Waals surface area contributed by atoms with E-state index < -0.39 is 0 Å². The molecule has 27 heavy (non-hydrogen) atoms. The number of hydrogen-bond donors (Lipinski definition) is 2. The van der Waals surface area contributed by atoms with E-state index in [1.165, 1.54) is 16.3 Å². The summed E-state index contributed by atoms with van der Waals surface area (Å²) in [6.07, 6.45) is 0.866. The Balaban J connectivity index is 0.00000261. The molecule has 0 aliphatic rings. The number of hydrogen-bond acceptors (Lipinski definition) is 3. The summed E-state index contributed by atoms with van der Waals surface area (Å²) in [5.74, 6) is 1.54. The number of nitrogens with zero attached hydrogens (tertiary/aromatic N) is 2. The van der Waals surface area contributed by atoms with E-state index in [0.29, 0.717) is 6.54 Å². The molecule has 0 fully saturated rings. The Morgan fingerprint density at radius 3 is 2.59 bits per heavy atom. The van der Waals surface area contributed by atoms with E-state index in [9.17, 15) is 0 Å². The number of aromatic nitrogens is 1. The SMILES string of the molecule is CCNC(=NCc1cc(CC)no1)NC(C)c1ccc2ccccc2c1.I. The first-order chi connectivity index (χ1) is 12.7. The van der Waals surface area contributed by atoms with Gasteiger partial charge in [0.1, 0.15) is 6.54 Å². The molecule has 6 heteroatoms. The lowest BCUT2D eigenvalue weighted by molar-refractivity contribution is 0.379. The first kappa shape index (κ1) is 21.2. The molecule has 5 nitrogen and oxygen atoms in total. The molecular weight excluding hydrogens is 451 g/mol. The normalized spacial score (nSPS) is 12.5. The van der Waals surface area contributed by atoms with Gasteiger partial charge in [0.15, 0.2) is 11.7 Å². The fourth-order valence-electron chi connectivity index (χ4n) is 2.84. The molecule has 144 valence electrons. The smallest absolute Gasteiger partial charge is 0.192 e. The van der Waals surface area contributed by atoms with E-state index in [2.05, 4.69) is 84.0 Å². The van der Waals surface area contributed by atoms with E-state index in [1.54, 1.807) is 0 Å². The standard InChI is InChI=1S/C21H26N4O.HI/c1-4-19-13-20(26-25-19)14-23-21(22-5-2)24-15(3)17-11-10-16-8-6-7-9-18(16)12-17;/h6-13,15H,4-5,14H2,1-3H3,(H2,22,23,24);1H. The molecule has 0 amide bonds. The number of aliphatic imine (C=N–C) groups is 1. The summed E-state index contributed by atoms with van der Waals surface area (Å²) in [5, 5.41) is 13.3. The van der Waals surface area contributed by atoms with Gasteiger partial charge in [-0.05, 0) is 42.7 Å². The third kappa shape index (κ3) is 5.69. The predicted molar refractivity (Wildman–Crippen MR) is 122 cm³/mol. The molecule has 0 radical (unpaired) electrons. The van der Waals surface area contributed by atoms with Gasteiger partial charge in [0.05, 0.1) is 11.7 Å². The van der Waals surface area contributed by atoms with Gasteiger partial charge in [-0.15, -0.1) is 24.0 Å². The molecule has 2 aromatic carbocycles. The number of guanidine groups is 1. The highest BCUT2D eigenvalue weighted by Gasteiger charge is 2.09. The number of nitrogens with one attached hydrogen (secondary N) is 2. The molecule has 0 saturated carbocycles. The second kappa shape index (κ2) is 10.3. The van der Waals surface area contributed by atoms with Crippen molar-refractivity contribution in [3.05, 3.63) is 65.5 Å². The maximum absolute atomic E-state index is 5.31. The fourth-order valence-corrected chi connectivity index (χ4v) is 2.84. The van der Waals surface area contributed by atoms with Gasteiger partial charge in [0, 0.05) is 12.6 Å². The number of benzene rings is 2. The number of aryl methyl sites for hydroxylation is 1. The Morgan fingerprint density at radius 1 is 1.11 bits per heavy atom. The topological polar surface area (TPSA) is 62.5 Å². The van der Waals surface area contributed by atoms with Crippen LogP contribution in [0.1, 0.15) is 43.8 Å². The van der Waals surface area contributed by atoms with Crippen LogP contribution in [-0.4, -0.2) is 17.7 Å². The van der Waals surface area contributed by atoms with Crippen LogP contribution in [0.3, 0.4) is 0 Å². The molecule has 1 atom stereocenters. The van der Waals surface area contributed by atoms with Gasteiger partial charge in [-0.3, -0.25) is 0 Å². The molecule has 0 aliphatic carbocycles. The van der Waals surface area contributed by atoms with Crippen molar-refractivity contribution in [2.45, 2.75) is 39.8 Å². The maximum Gasteiger partial charge on any atom is 0.192 e. The highest BCUT2D eigenvalue weighted by atomic mass is 127. The van der Waals surface area contributed by atoms with Crippen molar-refractivity contribution < 1.29 is 4.52 Å². The summed E-state index contributed by atoms with van der Waals surface area (Å²) in [6.45, 7) is 7.52. The summed E-state index contributed by atoms with van der Waals surface area (Å²) in [4.78, 5) is 4.62. The van der Waals surface area contributed by atoms with Gasteiger partial charge in [0.2, 0.25) is 0 Å². The predicted octanol–water partition coefficient (Wildman–Crippen LogP) is 4.82. The van der Waals surface area contributed by atoms with Crippen molar-refractivity contribution in [2.24, 2.45) is 4.99 Å². The van der Waals surface area contributed by atoms with Gasteiger partial charge < -0.3 is 15.2 Å². The van der Waals surface area contributed by atoms with Crippen LogP contribution >= 0.6 is 24.0 Å². The van der Waals surface area contributed by atoms with Crippen LogP contribution in [0.15, 0.2) is 58.0 Å². The molecular formula is C21H27IN4O. The van der Waals surface area contributed by atoms with E-state index in [1.807, 2.05) is 6.07 Å². The number of fused-ring (bicyclic) bond motifs is 1. The third-order valence-corrected chi connectivity index (χ3v) is 4.33. The van der Waals surface area contributed by atoms with Crippen LogP contribution in [-0.2, 0) is 13.0 Å². The number of halogens is 1. The highest BCUT2D eigenvalue weighted by Crippen LogP contribution is 2.20. The summed E-state index contributed by atoms with van der Waals surface area (Å²) < 4.78 is 5.31. The minimum absolute atomic E-state index is 0. The van der Waals surface area contributed by atoms with Gasteiger partial charge in [-0.2, -0.15) is 0 Å². The van der Waals surface area contributed by atoms with Crippen LogP contribution in [0.25, 0.3) is 10.8 Å². The Morgan fingerprint density at radius 2 is 1.89 bits per heavy atom. The number of rotatable bonds is 6. The van der Waals surface area contributed by atoms with E-state index in [0.717, 1.165) is 30.4 Å². The fraction of sp³-hybridized carbons (Fsp3) is 0.333. The van der Waals surface area contributed by atoms with Crippen LogP contribution < -0.4 is 10.6 Å². The largest absolute Gasteiger partial charge is 0.359 e. The second-order valence-corrected chi connectivity index (χ2v) is 6.31. The maximum atomic E-state index is 5.31. The Kier molecular flexibility index (Phi) is 8.09. The molecule has 1 heterocycles. The molecule has 0 spiro atoms. The minimum Gasteiger partial charge on any atom is -0.359 e. The first-order valence-corrected chi connectivity index (χ1v) is 9.17. The summed E-state index contributed by atoms with van der Waals surface area (Å²) in [6, 6.07) is 17.0. The minimum atomic E-state index is 0. The average Bonchev–Trinajstić information content (AvgIpc) is 3.14. The highest BCUT2D eigenvalue weighted by molar-refractivity contribution is 14.0. The molecule has 1 aromatic heterocycles. The lowest BCUT2D eigenvalue weighted by atomic mass is 10.0. The van der Waals surface area contributed by atoms with Gasteiger partial charge in [-0.1, -0.05) is 48.5 Å². The van der Waals surface area contributed by atoms with Crippen molar-refractivity contribution in [2.75, 3.05) is 6.54 Å². The van der Waals surface area contributed by atoms with Crippen molar-refractivity contribution in [3.8, 4) is 0 Å². The van der Waals surface area contributed by atoms with Crippen LogP contribution in [0, 0.1) is 0 Å². The third-order valence-electron chi connectivity index (χ3n) is 4.33. The summed E-state index contributed by atoms with van der Waals surface area (Å²) >= 11 is 0. The molecule has 3 rings (SSSR count). The quantitative estimate of drug-likeness (QED) is 0.303. The van der Waals surface area contributed by atoms with Gasteiger partial charge >= 0.3 is 0 Å². The van der Waals surface area contributed by atoms with Crippen LogP contribution in [0.4, 0.5) is 0 Å². The van der Waals surface area contributed by atoms with E-state index in [-0.39, 0.29) is 30.0 Å². The van der Waals surface area contributed by atoms with Crippen molar-refractivity contribution >= 4 is 40.7 Å². The van der Waals surface area contributed by atoms with E-state index >= 15 is 0 Å². The van der Waals surface area contributed by atoms with Crippen molar-refractivity contribution in [3.63, 3.8) is 0 Å². The monoisotopic (exact) mass is 478 g/mol. The van der Waals surface area contributed by atoms with Crippen LogP contribution in [0.5, 0.6) is 0 Å². The molecule has 2 N–H and O–H groups in total. The molecule has 0 aliphatic heterocycles. The molecule has 0 bridgehead atoms.